The van der Waals surface area contributed by atoms with Crippen LogP contribution < -0.4 is 0 Å². The van der Waals surface area contributed by atoms with Gasteiger partial charge in [-0.1, -0.05) is 11.2 Å². The largest absolute Gasteiger partial charge is 0.298 e. The maximum absolute atomic E-state index is 14.9. The summed E-state index contributed by atoms with van der Waals surface area (Å²) in [4.78, 5) is 20.9. The molecule has 0 bridgehead atoms. The first-order chi connectivity index (χ1) is 12.5. The van der Waals surface area contributed by atoms with Crippen molar-refractivity contribution >= 4 is 17.2 Å². The van der Waals surface area contributed by atoms with Crippen LogP contribution in [0.5, 0.6) is 0 Å². The van der Waals surface area contributed by atoms with Crippen molar-refractivity contribution in [1.29, 1.82) is 0 Å². The van der Waals surface area contributed by atoms with Crippen LogP contribution in [-0.2, 0) is 5.54 Å². The number of fused-ring (bicyclic) bond motifs is 1. The normalized spacial score (nSPS) is 12.7. The quantitative estimate of drug-likeness (QED) is 0.287. The molecule has 0 aliphatic carbocycles. The Kier molecular flexibility index (Phi) is 4.28. The van der Waals surface area contributed by atoms with Crippen LogP contribution in [0.1, 0.15) is 28.5 Å². The van der Waals surface area contributed by atoms with E-state index in [9.17, 15) is 9.18 Å². The van der Waals surface area contributed by atoms with Gasteiger partial charge in [0.05, 0.1) is 11.3 Å². The minimum absolute atomic E-state index is 0.0337. The highest BCUT2D eigenvalue weighted by Crippen LogP contribution is 2.37. The Morgan fingerprint density at radius 2 is 2.12 bits per heavy atom. The van der Waals surface area contributed by atoms with Gasteiger partial charge in [0, 0.05) is 22.1 Å². The SMILES string of the molecule is CC(N=[N+]=[N-])(c1ccccn1)c1cc2c(cc1F)c(C=O)cn2N=[N+]=[N-]. The van der Waals surface area contributed by atoms with E-state index >= 15 is 0 Å². The lowest BCUT2D eigenvalue weighted by Gasteiger charge is -2.24. The van der Waals surface area contributed by atoms with Gasteiger partial charge in [-0.3, -0.25) is 9.78 Å². The van der Waals surface area contributed by atoms with Gasteiger partial charge >= 0.3 is 0 Å². The summed E-state index contributed by atoms with van der Waals surface area (Å²) in [5, 5.41) is 7.51. The molecule has 0 radical (unpaired) electrons. The van der Waals surface area contributed by atoms with Crippen LogP contribution in [0.4, 0.5) is 4.39 Å². The van der Waals surface area contributed by atoms with Gasteiger partial charge < -0.3 is 0 Å². The summed E-state index contributed by atoms with van der Waals surface area (Å²) in [6, 6.07) is 7.52. The molecule has 9 nitrogen and oxygen atoms in total. The Bertz CT molecular complexity index is 1100. The zero-order valence-corrected chi connectivity index (χ0v) is 13.5. The van der Waals surface area contributed by atoms with E-state index in [4.69, 9.17) is 11.1 Å². The summed E-state index contributed by atoms with van der Waals surface area (Å²) < 4.78 is 16.0. The molecule has 0 amide bonds. The Morgan fingerprint density at radius 3 is 2.73 bits per heavy atom. The summed E-state index contributed by atoms with van der Waals surface area (Å²) in [7, 11) is 0. The molecule has 128 valence electrons. The Balaban J connectivity index is 2.37. The predicted octanol–water partition coefficient (Wildman–Crippen LogP) is 4.64. The monoisotopic (exact) mass is 350 g/mol. The third kappa shape index (κ3) is 2.61. The molecule has 2 aromatic heterocycles. The lowest BCUT2D eigenvalue weighted by atomic mass is 9.88. The average Bonchev–Trinajstić information content (AvgIpc) is 2.99. The van der Waals surface area contributed by atoms with Crippen LogP contribution in [0.2, 0.25) is 0 Å². The number of aromatic nitrogens is 2. The van der Waals surface area contributed by atoms with Crippen LogP contribution in [0.25, 0.3) is 31.8 Å². The molecule has 0 fully saturated rings. The zero-order chi connectivity index (χ0) is 18.7. The minimum Gasteiger partial charge on any atom is -0.298 e. The van der Waals surface area contributed by atoms with Gasteiger partial charge in [-0.2, -0.15) is 9.59 Å². The first kappa shape index (κ1) is 17.0. The molecule has 0 aliphatic heterocycles. The topological polar surface area (TPSA) is 132 Å². The molecular weight excluding hydrogens is 339 g/mol. The molecule has 2 heterocycles. The number of azide groups is 2. The molecule has 3 aromatic rings. The number of rotatable bonds is 5. The van der Waals surface area contributed by atoms with E-state index in [1.807, 2.05) is 0 Å². The van der Waals surface area contributed by atoms with E-state index in [0.29, 0.717) is 17.5 Å². The van der Waals surface area contributed by atoms with Crippen LogP contribution >= 0.6 is 0 Å². The predicted molar refractivity (Wildman–Crippen MR) is 91.7 cm³/mol. The fraction of sp³-hybridized carbons (Fsp3) is 0.125. The number of hydrogen-bond acceptors (Lipinski definition) is 4. The number of carbonyl (C=O) groups excluding carboxylic acids is 1. The van der Waals surface area contributed by atoms with E-state index in [2.05, 4.69) is 25.1 Å². The summed E-state index contributed by atoms with van der Waals surface area (Å²) in [5.41, 5.74) is 17.1. The molecule has 0 saturated heterocycles. The molecule has 3 rings (SSSR count). The minimum atomic E-state index is -1.44. The van der Waals surface area contributed by atoms with Crippen LogP contribution in [0, 0.1) is 5.82 Å². The lowest BCUT2D eigenvalue weighted by Crippen LogP contribution is -2.23. The van der Waals surface area contributed by atoms with Crippen molar-refractivity contribution in [3.05, 3.63) is 86.2 Å². The van der Waals surface area contributed by atoms with Crippen molar-refractivity contribution < 1.29 is 9.18 Å². The fourth-order valence-corrected chi connectivity index (χ4v) is 2.82. The lowest BCUT2D eigenvalue weighted by molar-refractivity contribution is 0.112. The Morgan fingerprint density at radius 1 is 1.31 bits per heavy atom. The number of aldehydes is 1. The van der Waals surface area contributed by atoms with Gasteiger partial charge in [-0.15, -0.1) is 5.53 Å². The van der Waals surface area contributed by atoms with Crippen molar-refractivity contribution in [1.82, 2.24) is 9.66 Å². The van der Waals surface area contributed by atoms with Gasteiger partial charge in [-0.25, -0.2) is 4.39 Å². The van der Waals surface area contributed by atoms with E-state index in [1.54, 1.807) is 18.2 Å². The highest BCUT2D eigenvalue weighted by Gasteiger charge is 2.33. The third-order valence-corrected chi connectivity index (χ3v) is 4.10. The third-order valence-electron chi connectivity index (χ3n) is 4.10. The number of benzene rings is 1. The van der Waals surface area contributed by atoms with E-state index in [1.165, 1.54) is 25.4 Å². The van der Waals surface area contributed by atoms with E-state index in [0.717, 1.165) is 10.7 Å². The number of halogens is 1. The van der Waals surface area contributed by atoms with Crippen molar-refractivity contribution in [3.63, 3.8) is 0 Å². The number of nitrogens with zero attached hydrogens (tertiary/aromatic N) is 8. The zero-order valence-electron chi connectivity index (χ0n) is 13.5. The first-order valence-electron chi connectivity index (χ1n) is 7.38. The van der Waals surface area contributed by atoms with Crippen molar-refractivity contribution in [3.8, 4) is 0 Å². The molecule has 26 heavy (non-hydrogen) atoms. The highest BCUT2D eigenvalue weighted by atomic mass is 19.1. The van der Waals surface area contributed by atoms with Crippen LogP contribution in [-0.4, -0.2) is 15.9 Å². The molecule has 1 aromatic carbocycles. The van der Waals surface area contributed by atoms with Crippen LogP contribution in [0.3, 0.4) is 0 Å². The van der Waals surface area contributed by atoms with Crippen molar-refractivity contribution in [2.45, 2.75) is 12.5 Å². The summed E-state index contributed by atoms with van der Waals surface area (Å²) in [6.07, 6.45) is 3.34. The Labute approximate surface area is 145 Å². The molecule has 10 heteroatoms. The van der Waals surface area contributed by atoms with Gasteiger partial charge in [0.15, 0.2) is 6.29 Å². The molecule has 0 saturated carbocycles. The molecule has 0 spiro atoms. The first-order valence-corrected chi connectivity index (χ1v) is 7.38. The maximum Gasteiger partial charge on any atom is 0.154 e. The fourth-order valence-electron chi connectivity index (χ4n) is 2.82. The van der Waals surface area contributed by atoms with E-state index in [-0.39, 0.29) is 16.5 Å². The summed E-state index contributed by atoms with van der Waals surface area (Å²) >= 11 is 0. The van der Waals surface area contributed by atoms with Gasteiger partial charge in [0.25, 0.3) is 0 Å². The second-order valence-corrected chi connectivity index (χ2v) is 5.55. The smallest absolute Gasteiger partial charge is 0.154 e. The van der Waals surface area contributed by atoms with Gasteiger partial charge in [0.2, 0.25) is 0 Å². The standard InChI is InChI=1S/C16H11FN8O/c1-16(21-22-18,15-4-2-3-5-20-15)12-7-14-11(6-13(12)17)10(9-26)8-25(14)24-23-19/h2-9H,1H3. The van der Waals surface area contributed by atoms with Gasteiger partial charge in [0.1, 0.15) is 23.1 Å². The molecule has 0 N–H and O–H groups in total. The number of pyridine rings is 1. The van der Waals surface area contributed by atoms with Crippen molar-refractivity contribution in [2.24, 2.45) is 10.3 Å². The number of carbonyl (C=O) groups is 1. The second-order valence-electron chi connectivity index (χ2n) is 5.55. The van der Waals surface area contributed by atoms with E-state index < -0.39 is 11.4 Å². The van der Waals surface area contributed by atoms with Crippen LogP contribution in [0.15, 0.2) is 53.1 Å². The molecule has 0 aliphatic rings. The van der Waals surface area contributed by atoms with Crippen molar-refractivity contribution in [2.75, 3.05) is 0 Å². The number of hydrogen-bond donors (Lipinski definition) is 0. The summed E-state index contributed by atoms with van der Waals surface area (Å²) in [6.45, 7) is 1.53. The maximum atomic E-state index is 14.9. The average molecular weight is 350 g/mol. The Hall–Kier alpha value is -3.87. The second kappa shape index (κ2) is 6.56. The summed E-state index contributed by atoms with van der Waals surface area (Å²) in [5.74, 6) is -0.681. The molecule has 1 atom stereocenters. The van der Waals surface area contributed by atoms with Gasteiger partial charge in [-0.05, 0) is 41.9 Å². The molecule has 1 unspecified atom stereocenters. The molecular formula is C16H11FN8O. The highest BCUT2D eigenvalue weighted by molar-refractivity contribution is 5.98.